The molecule has 0 bridgehead atoms. The van der Waals surface area contributed by atoms with Gasteiger partial charge in [-0.15, -0.1) is 0 Å². The first kappa shape index (κ1) is 28.8. The number of aromatic nitrogens is 1. The van der Waals surface area contributed by atoms with Crippen molar-refractivity contribution in [2.24, 2.45) is 0 Å². The van der Waals surface area contributed by atoms with Crippen LogP contribution in [0, 0.1) is 0 Å². The Morgan fingerprint density at radius 1 is 0.404 bits per heavy atom. The molecule has 0 aliphatic rings. The van der Waals surface area contributed by atoms with Gasteiger partial charge < -0.3 is 18.3 Å². The molecule has 11 rings (SSSR count). The van der Waals surface area contributed by atoms with E-state index in [4.69, 9.17) is 8.83 Å². The third kappa shape index (κ3) is 4.21. The molecular weight excluding hydrogens is 637 g/mol. The number of hydrogen-bond acceptors (Lipinski definition) is 3. The van der Waals surface area contributed by atoms with Crippen molar-refractivity contribution in [3.63, 3.8) is 0 Å². The van der Waals surface area contributed by atoms with Crippen molar-refractivity contribution in [2.75, 3.05) is 4.90 Å². The molecule has 0 unspecified atom stereocenters. The monoisotopic (exact) mass is 666 g/mol. The van der Waals surface area contributed by atoms with Crippen LogP contribution in [0.1, 0.15) is 0 Å². The fraction of sp³-hybridized carbons (Fsp3) is 0. The fourth-order valence-corrected chi connectivity index (χ4v) is 8.13. The first-order chi connectivity index (χ1) is 25.8. The summed E-state index contributed by atoms with van der Waals surface area (Å²) in [4.78, 5) is 2.31. The molecule has 0 radical (unpaired) electrons. The van der Waals surface area contributed by atoms with Crippen molar-refractivity contribution < 1.29 is 8.83 Å². The molecule has 11 aromatic rings. The second-order valence-corrected chi connectivity index (χ2v) is 13.3. The molecule has 8 aromatic carbocycles. The lowest BCUT2D eigenvalue weighted by molar-refractivity contribution is 0.668. The Labute approximate surface area is 299 Å². The Morgan fingerprint density at radius 2 is 1.00 bits per heavy atom. The molecule has 3 aromatic heterocycles. The molecule has 0 N–H and O–H groups in total. The van der Waals surface area contributed by atoms with Crippen molar-refractivity contribution in [2.45, 2.75) is 0 Å². The molecule has 4 heteroatoms. The summed E-state index contributed by atoms with van der Waals surface area (Å²) in [7, 11) is 0. The first-order valence-electron chi connectivity index (χ1n) is 17.6. The number of hydrogen-bond donors (Lipinski definition) is 0. The van der Waals surface area contributed by atoms with Crippen LogP contribution in [0.25, 0.3) is 82.5 Å². The highest BCUT2D eigenvalue weighted by Gasteiger charge is 2.25. The Morgan fingerprint density at radius 3 is 1.77 bits per heavy atom. The quantitative estimate of drug-likeness (QED) is 0.183. The van der Waals surface area contributed by atoms with Crippen LogP contribution >= 0.6 is 0 Å². The van der Waals surface area contributed by atoms with E-state index in [0.29, 0.717) is 0 Å². The Kier molecular flexibility index (Phi) is 6.22. The van der Waals surface area contributed by atoms with Gasteiger partial charge in [-0.05, 0) is 72.3 Å². The number of nitrogens with zero attached hydrogens (tertiary/aromatic N) is 2. The van der Waals surface area contributed by atoms with Crippen LogP contribution in [0.2, 0.25) is 0 Å². The molecule has 244 valence electrons. The van der Waals surface area contributed by atoms with Gasteiger partial charge in [0.25, 0.3) is 0 Å². The van der Waals surface area contributed by atoms with Gasteiger partial charge in [-0.3, -0.25) is 0 Å². The summed E-state index contributed by atoms with van der Waals surface area (Å²) in [5.41, 5.74) is 12.0. The second-order valence-electron chi connectivity index (χ2n) is 13.3. The van der Waals surface area contributed by atoms with Crippen LogP contribution in [0.5, 0.6) is 0 Å². The number of benzene rings is 8. The maximum absolute atomic E-state index is 6.85. The Hall–Kier alpha value is -7.04. The summed E-state index contributed by atoms with van der Waals surface area (Å²) < 4.78 is 15.8. The number of fused-ring (bicyclic) bond motifs is 9. The lowest BCUT2D eigenvalue weighted by Crippen LogP contribution is -2.10. The topological polar surface area (TPSA) is 34.5 Å². The number of anilines is 3. The van der Waals surface area contributed by atoms with Crippen LogP contribution in [0.15, 0.2) is 191 Å². The van der Waals surface area contributed by atoms with Crippen LogP contribution in [0.4, 0.5) is 17.1 Å². The van der Waals surface area contributed by atoms with Gasteiger partial charge in [0, 0.05) is 43.9 Å². The number of furan rings is 2. The molecule has 52 heavy (non-hydrogen) atoms. The highest BCUT2D eigenvalue weighted by molar-refractivity contribution is 6.19. The van der Waals surface area contributed by atoms with Crippen LogP contribution in [-0.2, 0) is 0 Å². The number of rotatable bonds is 5. The SMILES string of the molecule is c1ccc(N(c2cccc3c2oc2ccccc23)c2ccc(-c3cccc(-n4c5ccccc5c5ccccc54)c3)c3oc4ccccc4c23)cc1. The van der Waals surface area contributed by atoms with Gasteiger partial charge in [-0.2, -0.15) is 0 Å². The van der Waals surface area contributed by atoms with Gasteiger partial charge >= 0.3 is 0 Å². The summed E-state index contributed by atoms with van der Waals surface area (Å²) in [6.07, 6.45) is 0. The fourth-order valence-electron chi connectivity index (χ4n) is 8.13. The molecule has 3 heterocycles. The van der Waals surface area contributed by atoms with Gasteiger partial charge in [-0.25, -0.2) is 0 Å². The smallest absolute Gasteiger partial charge is 0.159 e. The zero-order valence-electron chi connectivity index (χ0n) is 28.0. The van der Waals surface area contributed by atoms with E-state index in [2.05, 4.69) is 173 Å². The van der Waals surface area contributed by atoms with Crippen LogP contribution in [0.3, 0.4) is 0 Å². The molecule has 0 aliphatic heterocycles. The largest absolute Gasteiger partial charge is 0.455 e. The van der Waals surface area contributed by atoms with Crippen molar-refractivity contribution >= 4 is 82.7 Å². The van der Waals surface area contributed by atoms with Gasteiger partial charge in [0.1, 0.15) is 16.7 Å². The van der Waals surface area contributed by atoms with Crippen LogP contribution < -0.4 is 4.90 Å². The highest BCUT2D eigenvalue weighted by atomic mass is 16.3. The van der Waals surface area contributed by atoms with Gasteiger partial charge in [-0.1, -0.05) is 115 Å². The van der Waals surface area contributed by atoms with E-state index in [9.17, 15) is 0 Å². The Balaban J connectivity index is 1.17. The molecule has 0 saturated heterocycles. The first-order valence-corrected chi connectivity index (χ1v) is 17.6. The predicted molar refractivity (Wildman–Crippen MR) is 215 cm³/mol. The van der Waals surface area contributed by atoms with E-state index in [0.717, 1.165) is 77.8 Å². The predicted octanol–water partition coefficient (Wildman–Crippen LogP) is 13.7. The summed E-state index contributed by atoms with van der Waals surface area (Å²) in [5.74, 6) is 0. The molecule has 0 fully saturated rings. The summed E-state index contributed by atoms with van der Waals surface area (Å²) in [5, 5.41) is 6.78. The molecule has 4 nitrogen and oxygen atoms in total. The lowest BCUT2D eigenvalue weighted by atomic mass is 9.99. The van der Waals surface area contributed by atoms with E-state index in [1.54, 1.807) is 0 Å². The van der Waals surface area contributed by atoms with Crippen molar-refractivity contribution in [1.82, 2.24) is 4.57 Å². The highest BCUT2D eigenvalue weighted by Crippen LogP contribution is 2.48. The van der Waals surface area contributed by atoms with Gasteiger partial charge in [0.15, 0.2) is 5.58 Å². The lowest BCUT2D eigenvalue weighted by Gasteiger charge is -2.26. The standard InChI is InChI=1S/C48H30N2O2/c1-2-15-32(16-3-1)49(43-25-13-22-38-37-20-6-10-26-44(37)51-47(38)43)42-29-28-34(48-46(42)39-21-7-11-27-45(39)52-48)31-14-12-17-33(30-31)50-40-23-8-4-18-35(40)36-19-5-9-24-41(36)50/h1-30H. The van der Waals surface area contributed by atoms with E-state index in [1.165, 1.54) is 21.8 Å². The van der Waals surface area contributed by atoms with E-state index in [1.807, 2.05) is 18.2 Å². The molecule has 0 atom stereocenters. The third-order valence-corrected chi connectivity index (χ3v) is 10.4. The number of para-hydroxylation sites is 6. The molecular formula is C48H30N2O2. The van der Waals surface area contributed by atoms with Gasteiger partial charge in [0.05, 0.1) is 27.8 Å². The van der Waals surface area contributed by atoms with Crippen molar-refractivity contribution in [3.8, 4) is 16.8 Å². The second kappa shape index (κ2) is 11.2. The minimum atomic E-state index is 0.843. The zero-order valence-corrected chi connectivity index (χ0v) is 28.0. The summed E-state index contributed by atoms with van der Waals surface area (Å²) >= 11 is 0. The summed E-state index contributed by atoms with van der Waals surface area (Å²) in [6, 6.07) is 64.1. The van der Waals surface area contributed by atoms with Crippen molar-refractivity contribution in [1.29, 1.82) is 0 Å². The van der Waals surface area contributed by atoms with Crippen LogP contribution in [-0.4, -0.2) is 4.57 Å². The van der Waals surface area contributed by atoms with E-state index >= 15 is 0 Å². The molecule has 0 amide bonds. The Bertz CT molecular complexity index is 3090. The minimum Gasteiger partial charge on any atom is -0.455 e. The minimum absolute atomic E-state index is 0.843. The third-order valence-electron chi connectivity index (χ3n) is 10.4. The average Bonchev–Trinajstić information content (AvgIpc) is 3.89. The van der Waals surface area contributed by atoms with Gasteiger partial charge in [0.2, 0.25) is 0 Å². The normalized spacial score (nSPS) is 11.8. The van der Waals surface area contributed by atoms with E-state index in [-0.39, 0.29) is 0 Å². The molecule has 0 saturated carbocycles. The maximum atomic E-state index is 6.85. The van der Waals surface area contributed by atoms with Crippen molar-refractivity contribution in [3.05, 3.63) is 182 Å². The zero-order chi connectivity index (χ0) is 34.2. The molecule has 0 spiro atoms. The maximum Gasteiger partial charge on any atom is 0.159 e. The molecule has 0 aliphatic carbocycles. The summed E-state index contributed by atoms with van der Waals surface area (Å²) in [6.45, 7) is 0. The average molecular weight is 667 g/mol. The van der Waals surface area contributed by atoms with E-state index < -0.39 is 0 Å².